The van der Waals surface area contributed by atoms with Crippen molar-refractivity contribution in [2.45, 2.75) is 45.4 Å². The van der Waals surface area contributed by atoms with Crippen molar-refractivity contribution in [2.75, 3.05) is 27.9 Å². The summed E-state index contributed by atoms with van der Waals surface area (Å²) in [6, 6.07) is 4.12. The number of aliphatic hydroxyl groups excluding tert-OH is 1. The van der Waals surface area contributed by atoms with Gasteiger partial charge in [-0.25, -0.2) is 0 Å². The van der Waals surface area contributed by atoms with E-state index in [1.165, 1.54) is 38.0 Å². The topological polar surface area (TPSA) is 151 Å². The highest BCUT2D eigenvalue weighted by Crippen LogP contribution is 2.47. The van der Waals surface area contributed by atoms with Crippen LogP contribution >= 0.6 is 0 Å². The molecule has 2 aromatic rings. The lowest BCUT2D eigenvalue weighted by molar-refractivity contribution is -0.121. The monoisotopic (exact) mass is 528 g/mol. The van der Waals surface area contributed by atoms with Crippen molar-refractivity contribution in [1.29, 1.82) is 0 Å². The largest absolute Gasteiger partial charge is 0.507 e. The summed E-state index contributed by atoms with van der Waals surface area (Å²) in [7, 11) is 4.25. The van der Waals surface area contributed by atoms with Crippen molar-refractivity contribution in [3.8, 4) is 17.2 Å². The number of fused-ring (bicyclic) bond motifs is 3. The number of Topliss-reactive ketones (excluding diaryl/α,β-unsaturated/α-hetero) is 1. The van der Waals surface area contributed by atoms with Crippen LogP contribution in [0.3, 0.4) is 0 Å². The minimum absolute atomic E-state index is 0.0175. The lowest BCUT2D eigenvalue weighted by Crippen LogP contribution is -2.26. The van der Waals surface area contributed by atoms with Crippen LogP contribution in [0.4, 0.5) is 0 Å². The Morgan fingerprint density at radius 2 is 1.55 bits per heavy atom. The lowest BCUT2D eigenvalue weighted by atomic mass is 9.75. The van der Waals surface area contributed by atoms with Gasteiger partial charge in [0.05, 0.1) is 29.1 Å². The third kappa shape index (κ3) is 6.23. The molecule has 1 unspecified atom stereocenters. The van der Waals surface area contributed by atoms with Gasteiger partial charge in [-0.2, -0.15) is 0 Å². The number of ether oxygens (including phenoxy) is 2. The van der Waals surface area contributed by atoms with Gasteiger partial charge in [0.25, 0.3) is 0 Å². The minimum atomic E-state index is -0.697. The van der Waals surface area contributed by atoms with E-state index in [0.717, 1.165) is 25.9 Å². The first-order valence-corrected chi connectivity index (χ1v) is 12.3. The molecule has 0 bridgehead atoms. The first-order chi connectivity index (χ1) is 18.1. The minimum Gasteiger partial charge on any atom is -0.507 e. The average Bonchev–Trinajstić information content (AvgIpc) is 2.91. The van der Waals surface area contributed by atoms with E-state index in [4.69, 9.17) is 9.84 Å². The summed E-state index contributed by atoms with van der Waals surface area (Å²) in [5.41, 5.74) is 0.0134. The van der Waals surface area contributed by atoms with Gasteiger partial charge < -0.3 is 29.9 Å². The maximum Gasteiger partial charge on any atom is 0.202 e. The van der Waals surface area contributed by atoms with Crippen LogP contribution in [0.25, 0.3) is 0 Å². The summed E-state index contributed by atoms with van der Waals surface area (Å²) >= 11 is 0. The number of allylic oxidation sites excluding steroid dienone is 1. The maximum atomic E-state index is 12.9. The summed E-state index contributed by atoms with van der Waals surface area (Å²) < 4.78 is 9.33. The molecule has 1 atom stereocenters. The molecular formula is C29H36O9. The Kier molecular flexibility index (Phi) is 11.0. The number of phenolic OH excluding ortho intramolecular Hbond substituents is 3. The highest BCUT2D eigenvalue weighted by Gasteiger charge is 2.40. The van der Waals surface area contributed by atoms with Gasteiger partial charge in [0.15, 0.2) is 5.78 Å². The Morgan fingerprint density at radius 1 is 0.947 bits per heavy atom. The van der Waals surface area contributed by atoms with E-state index in [2.05, 4.69) is 11.3 Å². The molecule has 3 aliphatic rings. The van der Waals surface area contributed by atoms with Crippen molar-refractivity contribution in [3.63, 3.8) is 0 Å². The van der Waals surface area contributed by atoms with Gasteiger partial charge >= 0.3 is 0 Å². The Labute approximate surface area is 222 Å². The zero-order valence-corrected chi connectivity index (χ0v) is 22.3. The maximum absolute atomic E-state index is 12.9. The summed E-state index contributed by atoms with van der Waals surface area (Å²) in [5, 5.41) is 38.4. The van der Waals surface area contributed by atoms with Crippen molar-refractivity contribution in [3.05, 3.63) is 63.9 Å². The third-order valence-electron chi connectivity index (χ3n) is 6.55. The number of carbonyl (C=O) groups is 3. The molecule has 2 aromatic carbocycles. The second-order valence-corrected chi connectivity index (χ2v) is 9.07. The van der Waals surface area contributed by atoms with Crippen LogP contribution in [0, 0.1) is 5.92 Å². The smallest absolute Gasteiger partial charge is 0.202 e. The Morgan fingerprint density at radius 3 is 2.08 bits per heavy atom. The second-order valence-electron chi connectivity index (χ2n) is 9.07. The molecule has 9 heteroatoms. The number of aliphatic hydroxyl groups is 1. The zero-order chi connectivity index (χ0) is 28.6. The van der Waals surface area contributed by atoms with Crippen molar-refractivity contribution >= 4 is 17.3 Å². The standard InChI is InChI=1S/C20H16O6.C6H10O.C2H6O.CH4O/c1-8(21)9-5-6-10-12(7-9)19(25)15-16(17(10)23)20(26)14-11(18(15)24)3-2-4-13(14)22;1-6-4-2-3-5-7-6;1-3-2;1-2/h2-4,9,22-23,25H,5-7H2,1H3;1-5H2;1-2H3;2H,1H3. The number of methoxy groups -OCH3 is 1. The number of rotatable bonds is 1. The molecule has 2 aliphatic carbocycles. The van der Waals surface area contributed by atoms with Crippen LogP contribution in [0.15, 0.2) is 30.5 Å². The summed E-state index contributed by atoms with van der Waals surface area (Å²) in [5.74, 6) is -1.73. The fourth-order valence-corrected chi connectivity index (χ4v) is 4.71. The van der Waals surface area contributed by atoms with Crippen molar-refractivity contribution < 1.29 is 44.3 Å². The van der Waals surface area contributed by atoms with Crippen molar-refractivity contribution in [2.24, 2.45) is 5.92 Å². The Bertz CT molecular complexity index is 1210. The number of hydrogen-bond acceptors (Lipinski definition) is 9. The first kappa shape index (κ1) is 30.5. The molecule has 0 spiro atoms. The molecule has 5 rings (SSSR count). The predicted molar refractivity (Wildman–Crippen MR) is 141 cm³/mol. The van der Waals surface area contributed by atoms with Gasteiger partial charge in [-0.05, 0) is 45.1 Å². The summed E-state index contributed by atoms with van der Waals surface area (Å²) in [4.78, 5) is 37.5. The lowest BCUT2D eigenvalue weighted by Gasteiger charge is -2.28. The van der Waals surface area contributed by atoms with E-state index in [9.17, 15) is 29.7 Å². The fraction of sp³-hybridized carbons (Fsp3) is 0.414. The van der Waals surface area contributed by atoms with Crippen LogP contribution in [0.2, 0.25) is 0 Å². The normalized spacial score (nSPS) is 17.0. The van der Waals surface area contributed by atoms with Gasteiger partial charge in [0.2, 0.25) is 5.78 Å². The number of carbonyl (C=O) groups excluding carboxylic acids is 3. The van der Waals surface area contributed by atoms with E-state index in [1.807, 2.05) is 0 Å². The Balaban J connectivity index is 0.000000355. The van der Waals surface area contributed by atoms with Gasteiger partial charge in [-0.15, -0.1) is 0 Å². The van der Waals surface area contributed by atoms with Gasteiger partial charge in [0.1, 0.15) is 23.0 Å². The van der Waals surface area contributed by atoms with Gasteiger partial charge in [-0.1, -0.05) is 18.7 Å². The highest BCUT2D eigenvalue weighted by atomic mass is 16.5. The second kappa shape index (κ2) is 13.7. The molecule has 0 saturated carbocycles. The molecule has 206 valence electrons. The molecule has 1 saturated heterocycles. The molecule has 1 heterocycles. The van der Waals surface area contributed by atoms with Crippen LogP contribution in [0.1, 0.15) is 75.6 Å². The first-order valence-electron chi connectivity index (χ1n) is 12.3. The molecule has 0 aromatic heterocycles. The molecular weight excluding hydrogens is 492 g/mol. The van der Waals surface area contributed by atoms with E-state index >= 15 is 0 Å². The number of benzene rings is 2. The van der Waals surface area contributed by atoms with E-state index in [1.54, 1.807) is 14.2 Å². The molecule has 38 heavy (non-hydrogen) atoms. The third-order valence-corrected chi connectivity index (χ3v) is 6.55. The van der Waals surface area contributed by atoms with Crippen LogP contribution < -0.4 is 0 Å². The molecule has 1 fully saturated rings. The SMILES string of the molecule is C=C1CCCCO1.CC(=O)C1CCc2c(O)c3c(c(O)c2C1)C(=O)c1cccc(O)c1C3=O.CO.COC. The molecule has 0 amide bonds. The highest BCUT2D eigenvalue weighted by molar-refractivity contribution is 6.31. The Hall–Kier alpha value is -3.69. The predicted octanol–water partition coefficient (Wildman–Crippen LogP) is 3.84. The van der Waals surface area contributed by atoms with Crippen molar-refractivity contribution in [1.82, 2.24) is 0 Å². The quantitative estimate of drug-likeness (QED) is 0.345. The van der Waals surface area contributed by atoms with Gasteiger partial charge in [0, 0.05) is 50.4 Å². The van der Waals surface area contributed by atoms with E-state index in [-0.39, 0.29) is 57.6 Å². The number of ketones is 3. The number of phenols is 3. The van der Waals surface area contributed by atoms with Crippen LogP contribution in [-0.4, -0.2) is 65.7 Å². The van der Waals surface area contributed by atoms with Gasteiger partial charge in [-0.3, -0.25) is 14.4 Å². The average molecular weight is 529 g/mol. The molecule has 1 aliphatic heterocycles. The number of hydrogen-bond donors (Lipinski definition) is 4. The van der Waals surface area contributed by atoms with E-state index < -0.39 is 11.6 Å². The molecule has 9 nitrogen and oxygen atoms in total. The van der Waals surface area contributed by atoms with E-state index in [0.29, 0.717) is 24.0 Å². The fourth-order valence-electron chi connectivity index (χ4n) is 4.71. The zero-order valence-electron chi connectivity index (χ0n) is 22.3. The molecule has 0 radical (unpaired) electrons. The summed E-state index contributed by atoms with van der Waals surface area (Å²) in [6.07, 6.45) is 4.57. The summed E-state index contributed by atoms with van der Waals surface area (Å²) in [6.45, 7) is 6.05. The molecule has 4 N–H and O–H groups in total. The van der Waals surface area contributed by atoms with Crippen LogP contribution in [0.5, 0.6) is 17.2 Å². The number of aromatic hydroxyl groups is 3. The van der Waals surface area contributed by atoms with Crippen LogP contribution in [-0.2, 0) is 27.1 Å².